The van der Waals surface area contributed by atoms with Gasteiger partial charge in [-0.15, -0.1) is 0 Å². The summed E-state index contributed by atoms with van der Waals surface area (Å²) in [5, 5.41) is 3.75. The van der Waals surface area contributed by atoms with Crippen molar-refractivity contribution in [1.82, 2.24) is 5.32 Å². The van der Waals surface area contributed by atoms with E-state index in [0.29, 0.717) is 6.04 Å². The lowest BCUT2D eigenvalue weighted by Gasteiger charge is -2.36. The Morgan fingerprint density at radius 2 is 1.81 bits per heavy atom. The monoisotopic (exact) mass is 351 g/mol. The molecular formula is C19H30BrN. The van der Waals surface area contributed by atoms with E-state index in [1.807, 2.05) is 0 Å². The first-order chi connectivity index (χ1) is 10.1. The quantitative estimate of drug-likeness (QED) is 0.720. The number of nitrogens with one attached hydrogen (secondary N) is 1. The van der Waals surface area contributed by atoms with Gasteiger partial charge in [-0.3, -0.25) is 0 Å². The molecule has 0 amide bonds. The first-order valence-electron chi connectivity index (χ1n) is 8.58. The molecule has 0 heterocycles. The van der Waals surface area contributed by atoms with E-state index in [2.05, 4.69) is 66.3 Å². The van der Waals surface area contributed by atoms with Crippen LogP contribution >= 0.6 is 15.9 Å². The van der Waals surface area contributed by atoms with Gasteiger partial charge in [0.15, 0.2) is 0 Å². The van der Waals surface area contributed by atoms with E-state index < -0.39 is 0 Å². The molecule has 1 fully saturated rings. The largest absolute Gasteiger partial charge is 0.314 e. The zero-order valence-electron chi connectivity index (χ0n) is 13.7. The van der Waals surface area contributed by atoms with Crippen molar-refractivity contribution in [2.45, 2.75) is 58.9 Å². The molecule has 0 aliphatic heterocycles. The molecule has 1 aliphatic rings. The Morgan fingerprint density at radius 1 is 1.14 bits per heavy atom. The highest BCUT2D eigenvalue weighted by Crippen LogP contribution is 2.35. The Balaban J connectivity index is 1.96. The number of halogens is 1. The highest BCUT2D eigenvalue weighted by atomic mass is 79.9. The van der Waals surface area contributed by atoms with Crippen LogP contribution in [0.5, 0.6) is 0 Å². The van der Waals surface area contributed by atoms with Crippen molar-refractivity contribution in [2.75, 3.05) is 6.54 Å². The lowest BCUT2D eigenvalue weighted by atomic mass is 9.73. The lowest BCUT2D eigenvalue weighted by molar-refractivity contribution is 0.188. The molecule has 1 nitrogen and oxygen atoms in total. The van der Waals surface area contributed by atoms with E-state index in [1.165, 1.54) is 35.7 Å². The average Bonchev–Trinajstić information content (AvgIpc) is 2.47. The summed E-state index contributed by atoms with van der Waals surface area (Å²) in [5.74, 6) is 2.65. The van der Waals surface area contributed by atoms with E-state index in [0.717, 1.165) is 30.7 Å². The number of likely N-dealkylation sites (N-methyl/N-ethyl adjacent to an activating group) is 1. The van der Waals surface area contributed by atoms with E-state index in [-0.39, 0.29) is 0 Å². The molecule has 2 heteroatoms. The van der Waals surface area contributed by atoms with Gasteiger partial charge in [-0.1, -0.05) is 48.8 Å². The van der Waals surface area contributed by atoms with Gasteiger partial charge in [-0.2, -0.15) is 0 Å². The average molecular weight is 352 g/mol. The maximum atomic E-state index is 3.75. The summed E-state index contributed by atoms with van der Waals surface area (Å²) < 4.78 is 1.19. The normalized spacial score (nSPS) is 24.2. The second kappa shape index (κ2) is 8.33. The molecule has 1 aliphatic carbocycles. The predicted octanol–water partition coefficient (Wildman–Crippen LogP) is 5.43. The fourth-order valence-corrected chi connectivity index (χ4v) is 4.25. The summed E-state index contributed by atoms with van der Waals surface area (Å²) in [5.41, 5.74) is 1.45. The van der Waals surface area contributed by atoms with E-state index in [4.69, 9.17) is 0 Å². The molecule has 2 rings (SSSR count). The van der Waals surface area contributed by atoms with Crippen molar-refractivity contribution in [1.29, 1.82) is 0 Å². The summed E-state index contributed by atoms with van der Waals surface area (Å²) in [7, 11) is 0. The zero-order chi connectivity index (χ0) is 15.2. The van der Waals surface area contributed by atoms with Crippen LogP contribution in [0.25, 0.3) is 0 Å². The lowest BCUT2D eigenvalue weighted by Crippen LogP contribution is -2.40. The Hall–Kier alpha value is -0.340. The molecule has 118 valence electrons. The highest BCUT2D eigenvalue weighted by Gasteiger charge is 2.28. The van der Waals surface area contributed by atoms with Crippen LogP contribution in [0.3, 0.4) is 0 Å². The molecule has 0 spiro atoms. The number of benzene rings is 1. The minimum Gasteiger partial charge on any atom is -0.314 e. The zero-order valence-corrected chi connectivity index (χ0v) is 15.3. The van der Waals surface area contributed by atoms with Crippen LogP contribution in [0.2, 0.25) is 0 Å². The third-order valence-corrected chi connectivity index (χ3v) is 5.63. The summed E-state index contributed by atoms with van der Waals surface area (Å²) in [6, 6.07) is 9.42. The Bertz CT molecular complexity index is 421. The maximum Gasteiger partial charge on any atom is 0.0178 e. The second-order valence-corrected chi connectivity index (χ2v) is 7.83. The van der Waals surface area contributed by atoms with Gasteiger partial charge < -0.3 is 5.32 Å². The van der Waals surface area contributed by atoms with Crippen LogP contribution in [-0.4, -0.2) is 12.6 Å². The van der Waals surface area contributed by atoms with Crippen LogP contribution in [0.4, 0.5) is 0 Å². The minimum absolute atomic E-state index is 0.636. The number of hydrogen-bond donors (Lipinski definition) is 1. The molecule has 1 unspecified atom stereocenters. The van der Waals surface area contributed by atoms with Crippen LogP contribution < -0.4 is 5.32 Å². The van der Waals surface area contributed by atoms with E-state index >= 15 is 0 Å². The summed E-state index contributed by atoms with van der Waals surface area (Å²) in [6.45, 7) is 8.07. The molecule has 1 aromatic carbocycles. The molecule has 1 N–H and O–H groups in total. The maximum absolute atomic E-state index is 3.75. The van der Waals surface area contributed by atoms with E-state index in [1.54, 1.807) is 0 Å². The number of rotatable bonds is 6. The fourth-order valence-electron chi connectivity index (χ4n) is 3.80. The Kier molecular flexibility index (Phi) is 6.75. The second-order valence-electron chi connectivity index (χ2n) is 6.92. The molecule has 0 aromatic heterocycles. The van der Waals surface area contributed by atoms with Gasteiger partial charge in [0.25, 0.3) is 0 Å². The van der Waals surface area contributed by atoms with Gasteiger partial charge in [-0.25, -0.2) is 0 Å². The fraction of sp³-hybridized carbons (Fsp3) is 0.684. The standard InChI is InChI=1S/C19H30BrN/c1-4-21-19(13-15-6-5-7-18(20)12-15)17-10-8-16(9-11-17)14(2)3/h5-7,12,14,16-17,19,21H,4,8-11,13H2,1-3H3. The van der Waals surface area contributed by atoms with Crippen LogP contribution in [0, 0.1) is 17.8 Å². The van der Waals surface area contributed by atoms with Gasteiger partial charge in [0.2, 0.25) is 0 Å². The van der Waals surface area contributed by atoms with Gasteiger partial charge in [-0.05, 0) is 74.1 Å². The minimum atomic E-state index is 0.636. The van der Waals surface area contributed by atoms with Crippen molar-refractivity contribution in [2.24, 2.45) is 17.8 Å². The van der Waals surface area contributed by atoms with Crippen LogP contribution in [-0.2, 0) is 6.42 Å². The first kappa shape index (κ1) is 17.0. The highest BCUT2D eigenvalue weighted by molar-refractivity contribution is 9.10. The topological polar surface area (TPSA) is 12.0 Å². The SMILES string of the molecule is CCNC(Cc1cccc(Br)c1)C1CCC(C(C)C)CC1. The van der Waals surface area contributed by atoms with Crippen LogP contribution in [0.15, 0.2) is 28.7 Å². The molecule has 0 saturated heterocycles. The Labute approximate surface area is 139 Å². The predicted molar refractivity (Wildman–Crippen MR) is 95.6 cm³/mol. The van der Waals surface area contributed by atoms with Gasteiger partial charge in [0, 0.05) is 10.5 Å². The molecular weight excluding hydrogens is 322 g/mol. The van der Waals surface area contributed by atoms with Gasteiger partial charge in [0.05, 0.1) is 0 Å². The van der Waals surface area contributed by atoms with Crippen molar-refractivity contribution >= 4 is 15.9 Å². The smallest absolute Gasteiger partial charge is 0.0178 e. The molecule has 0 radical (unpaired) electrons. The summed E-state index contributed by atoms with van der Waals surface area (Å²) in [6.07, 6.45) is 6.79. The summed E-state index contributed by atoms with van der Waals surface area (Å²) >= 11 is 3.59. The van der Waals surface area contributed by atoms with Crippen LogP contribution in [0.1, 0.15) is 52.0 Å². The van der Waals surface area contributed by atoms with Crippen molar-refractivity contribution in [3.8, 4) is 0 Å². The molecule has 21 heavy (non-hydrogen) atoms. The third-order valence-electron chi connectivity index (χ3n) is 5.14. The number of hydrogen-bond acceptors (Lipinski definition) is 1. The van der Waals surface area contributed by atoms with Gasteiger partial charge in [0.1, 0.15) is 0 Å². The molecule has 1 saturated carbocycles. The van der Waals surface area contributed by atoms with Crippen molar-refractivity contribution in [3.63, 3.8) is 0 Å². The van der Waals surface area contributed by atoms with Gasteiger partial charge >= 0.3 is 0 Å². The van der Waals surface area contributed by atoms with E-state index in [9.17, 15) is 0 Å². The summed E-state index contributed by atoms with van der Waals surface area (Å²) in [4.78, 5) is 0. The first-order valence-corrected chi connectivity index (χ1v) is 9.37. The van der Waals surface area contributed by atoms with Crippen molar-refractivity contribution in [3.05, 3.63) is 34.3 Å². The Morgan fingerprint density at radius 3 is 2.38 bits per heavy atom. The molecule has 1 aromatic rings. The van der Waals surface area contributed by atoms with Crippen molar-refractivity contribution < 1.29 is 0 Å². The molecule has 0 bridgehead atoms. The third kappa shape index (κ3) is 5.10. The molecule has 1 atom stereocenters.